The number of nitrogens with one attached hydrogen (secondary N) is 2. The van der Waals surface area contributed by atoms with Crippen LogP contribution in [0.2, 0.25) is 5.02 Å². The van der Waals surface area contributed by atoms with Crippen molar-refractivity contribution in [1.82, 2.24) is 15.6 Å². The molecule has 2 N–H and O–H groups in total. The van der Waals surface area contributed by atoms with E-state index in [1.165, 1.54) is 16.2 Å². The number of benzene rings is 2. The van der Waals surface area contributed by atoms with Crippen LogP contribution in [0.25, 0.3) is 0 Å². The molecule has 198 valence electrons. The second-order valence-electron chi connectivity index (χ2n) is 10.1. The third kappa shape index (κ3) is 5.94. The van der Waals surface area contributed by atoms with Crippen LogP contribution in [0, 0.1) is 5.92 Å². The summed E-state index contributed by atoms with van der Waals surface area (Å²) in [5.74, 6) is 0.551. The zero-order chi connectivity index (χ0) is 26.5. The number of para-hydroxylation sites is 1. The van der Waals surface area contributed by atoms with E-state index in [9.17, 15) is 9.59 Å². The third-order valence-corrected chi connectivity index (χ3v) is 8.10. The number of carbonyl (C=O) groups excluding carboxylic acids is 2. The highest BCUT2D eigenvalue weighted by atomic mass is 35.5. The minimum atomic E-state index is -0.221. The quantitative estimate of drug-likeness (QED) is 0.416. The average molecular weight is 532 g/mol. The number of pyridine rings is 1. The number of aryl methyl sites for hydroxylation is 1. The Bertz CT molecular complexity index is 1280. The first kappa shape index (κ1) is 26.0. The molecule has 1 aromatic heterocycles. The summed E-state index contributed by atoms with van der Waals surface area (Å²) in [6.07, 6.45) is 8.59. The maximum atomic E-state index is 12.9. The Balaban J connectivity index is 1.12. The number of piperidine rings is 1. The highest BCUT2D eigenvalue weighted by Gasteiger charge is 2.27. The van der Waals surface area contributed by atoms with Gasteiger partial charge in [0.2, 0.25) is 0 Å². The van der Waals surface area contributed by atoms with Crippen LogP contribution in [0.1, 0.15) is 53.2 Å². The summed E-state index contributed by atoms with van der Waals surface area (Å²) < 4.78 is 0. The summed E-state index contributed by atoms with van der Waals surface area (Å²) in [6.45, 7) is 2.73. The number of nitrogens with zero attached hydrogens (tertiary/aromatic N) is 3. The van der Waals surface area contributed by atoms with E-state index in [1.807, 2.05) is 48.8 Å². The molecule has 2 aliphatic rings. The smallest absolute Gasteiger partial charge is 0.322 e. The topological polar surface area (TPSA) is 77.6 Å². The lowest BCUT2D eigenvalue weighted by Crippen LogP contribution is -2.39. The van der Waals surface area contributed by atoms with Gasteiger partial charge in [0.1, 0.15) is 0 Å². The summed E-state index contributed by atoms with van der Waals surface area (Å²) >= 11 is 6.27. The van der Waals surface area contributed by atoms with Crippen LogP contribution in [0.5, 0.6) is 0 Å². The van der Waals surface area contributed by atoms with Crippen molar-refractivity contribution >= 4 is 34.9 Å². The highest BCUT2D eigenvalue weighted by Crippen LogP contribution is 2.33. The molecule has 5 rings (SSSR count). The van der Waals surface area contributed by atoms with Gasteiger partial charge in [-0.05, 0) is 85.5 Å². The van der Waals surface area contributed by atoms with E-state index in [1.54, 1.807) is 13.1 Å². The van der Waals surface area contributed by atoms with Crippen molar-refractivity contribution in [2.45, 2.75) is 38.1 Å². The van der Waals surface area contributed by atoms with Gasteiger partial charge in [-0.15, -0.1) is 0 Å². The zero-order valence-corrected chi connectivity index (χ0v) is 22.5. The molecular weight excluding hydrogens is 498 g/mol. The van der Waals surface area contributed by atoms with Crippen molar-refractivity contribution in [3.8, 4) is 0 Å². The van der Waals surface area contributed by atoms with Crippen LogP contribution >= 0.6 is 11.6 Å². The first-order valence-corrected chi connectivity index (χ1v) is 13.7. The standard InChI is InChI=1S/C30H34ClN5O2/c1-35(28-5-3-2-4-26(28)31)30(38)34-27-9-8-22-6-7-23(20-25(22)27)29(37)33-17-10-21-13-18-36(19-14-21)24-11-15-32-16-12-24/h2-7,11-12,15-16,20-21,27H,8-10,13-14,17-19H2,1H3,(H,33,37)(H,34,38). The van der Waals surface area contributed by atoms with Crippen molar-refractivity contribution in [3.05, 3.63) is 88.7 Å². The van der Waals surface area contributed by atoms with E-state index in [4.69, 9.17) is 11.6 Å². The van der Waals surface area contributed by atoms with E-state index in [-0.39, 0.29) is 18.0 Å². The van der Waals surface area contributed by atoms with E-state index < -0.39 is 0 Å². The molecule has 1 saturated heterocycles. The number of fused-ring (bicyclic) bond motifs is 1. The van der Waals surface area contributed by atoms with Crippen LogP contribution in [-0.2, 0) is 6.42 Å². The molecule has 3 aromatic rings. The number of hydrogen-bond acceptors (Lipinski definition) is 4. The van der Waals surface area contributed by atoms with Gasteiger partial charge in [0.25, 0.3) is 5.91 Å². The molecule has 8 heteroatoms. The van der Waals surface area contributed by atoms with Gasteiger partial charge < -0.3 is 15.5 Å². The van der Waals surface area contributed by atoms with Crippen molar-refractivity contribution in [2.75, 3.05) is 36.5 Å². The highest BCUT2D eigenvalue weighted by molar-refractivity contribution is 6.33. The van der Waals surface area contributed by atoms with Crippen LogP contribution in [0.4, 0.5) is 16.2 Å². The zero-order valence-electron chi connectivity index (χ0n) is 21.7. The molecule has 3 amide bonds. The van der Waals surface area contributed by atoms with Gasteiger partial charge >= 0.3 is 6.03 Å². The second kappa shape index (κ2) is 11.9. The number of rotatable bonds is 7. The Labute approximate surface area is 229 Å². The molecule has 0 radical (unpaired) electrons. The molecule has 7 nitrogen and oxygen atoms in total. The van der Waals surface area contributed by atoms with E-state index in [0.29, 0.717) is 28.7 Å². The number of anilines is 2. The van der Waals surface area contributed by atoms with Gasteiger partial charge in [-0.2, -0.15) is 0 Å². The summed E-state index contributed by atoms with van der Waals surface area (Å²) in [5.41, 5.74) is 4.71. The first-order valence-electron chi connectivity index (χ1n) is 13.3. The molecule has 1 atom stereocenters. The van der Waals surface area contributed by atoms with Crippen molar-refractivity contribution in [2.24, 2.45) is 5.92 Å². The SMILES string of the molecule is CN(C(=O)NC1CCc2ccc(C(=O)NCCC3CCN(c4ccncc4)CC3)cc21)c1ccccc1Cl. The molecule has 0 saturated carbocycles. The minimum Gasteiger partial charge on any atom is -0.371 e. The molecule has 2 heterocycles. The average Bonchev–Trinajstić information content (AvgIpc) is 3.35. The van der Waals surface area contributed by atoms with Crippen LogP contribution in [-0.4, -0.2) is 43.6 Å². The lowest BCUT2D eigenvalue weighted by Gasteiger charge is -2.33. The second-order valence-corrected chi connectivity index (χ2v) is 10.6. The Morgan fingerprint density at radius 2 is 1.82 bits per heavy atom. The van der Waals surface area contributed by atoms with Crippen molar-refractivity contribution in [1.29, 1.82) is 0 Å². The van der Waals surface area contributed by atoms with E-state index in [2.05, 4.69) is 32.7 Å². The number of amides is 3. The summed E-state index contributed by atoms with van der Waals surface area (Å²) in [4.78, 5) is 33.9. The maximum Gasteiger partial charge on any atom is 0.322 e. The fraction of sp³-hybridized carbons (Fsp3) is 0.367. The number of halogens is 1. The van der Waals surface area contributed by atoms with Gasteiger partial charge in [-0.3, -0.25) is 14.7 Å². The van der Waals surface area contributed by atoms with Gasteiger partial charge in [0.05, 0.1) is 16.8 Å². The summed E-state index contributed by atoms with van der Waals surface area (Å²) in [5, 5.41) is 6.75. The van der Waals surface area contributed by atoms with Crippen LogP contribution < -0.4 is 20.4 Å². The van der Waals surface area contributed by atoms with Crippen molar-refractivity contribution in [3.63, 3.8) is 0 Å². The molecular formula is C30H34ClN5O2. The summed E-state index contributed by atoms with van der Waals surface area (Å²) in [7, 11) is 1.71. The van der Waals surface area contributed by atoms with Crippen molar-refractivity contribution < 1.29 is 9.59 Å². The number of urea groups is 1. The van der Waals surface area contributed by atoms with Gasteiger partial charge in [-0.1, -0.05) is 29.8 Å². The lowest BCUT2D eigenvalue weighted by molar-refractivity contribution is 0.0950. The fourth-order valence-electron chi connectivity index (χ4n) is 5.50. The Kier molecular flexibility index (Phi) is 8.13. The lowest BCUT2D eigenvalue weighted by atomic mass is 9.93. The fourth-order valence-corrected chi connectivity index (χ4v) is 5.76. The third-order valence-electron chi connectivity index (χ3n) is 7.78. The Hall–Kier alpha value is -3.58. The summed E-state index contributed by atoms with van der Waals surface area (Å²) in [6, 6.07) is 16.9. The van der Waals surface area contributed by atoms with Gasteiger partial charge in [0, 0.05) is 50.3 Å². The predicted molar refractivity (Wildman–Crippen MR) is 152 cm³/mol. The van der Waals surface area contributed by atoms with Gasteiger partial charge in [0.15, 0.2) is 0 Å². The Morgan fingerprint density at radius 1 is 1.05 bits per heavy atom. The monoisotopic (exact) mass is 531 g/mol. The van der Waals surface area contributed by atoms with E-state index >= 15 is 0 Å². The molecule has 38 heavy (non-hydrogen) atoms. The largest absolute Gasteiger partial charge is 0.371 e. The Morgan fingerprint density at radius 3 is 2.58 bits per heavy atom. The number of hydrogen-bond donors (Lipinski definition) is 2. The molecule has 1 fully saturated rings. The molecule has 1 aliphatic carbocycles. The number of carbonyl (C=O) groups is 2. The minimum absolute atomic E-state index is 0.0628. The van der Waals surface area contributed by atoms with Crippen LogP contribution in [0.3, 0.4) is 0 Å². The maximum absolute atomic E-state index is 12.9. The first-order chi connectivity index (χ1) is 18.5. The molecule has 2 aromatic carbocycles. The van der Waals surface area contributed by atoms with E-state index in [0.717, 1.165) is 50.8 Å². The predicted octanol–water partition coefficient (Wildman–Crippen LogP) is 5.60. The van der Waals surface area contributed by atoms with Gasteiger partial charge in [-0.25, -0.2) is 4.79 Å². The molecule has 0 spiro atoms. The van der Waals surface area contributed by atoms with Crippen LogP contribution in [0.15, 0.2) is 67.0 Å². The molecule has 1 aliphatic heterocycles. The number of aromatic nitrogens is 1. The molecule has 0 bridgehead atoms. The molecule has 1 unspecified atom stereocenters. The normalized spacial score (nSPS) is 17.1.